The normalized spacial score (nSPS) is 20.2. The van der Waals surface area contributed by atoms with E-state index in [1.54, 1.807) is 0 Å². The molecule has 0 amide bonds. The largest absolute Gasteiger partial charge is 0.326 e. The quantitative estimate of drug-likeness (QED) is 0.894. The number of fused-ring (bicyclic) bond motifs is 1. The maximum Gasteiger partial charge on any atom is 0.165 e. The van der Waals surface area contributed by atoms with Gasteiger partial charge in [-0.25, -0.2) is 0 Å². The Morgan fingerprint density at radius 2 is 2.41 bits per heavy atom. The maximum atomic E-state index is 5.70. The van der Waals surface area contributed by atoms with Gasteiger partial charge in [0.2, 0.25) is 0 Å². The van der Waals surface area contributed by atoms with Gasteiger partial charge in [-0.1, -0.05) is 6.07 Å². The Morgan fingerprint density at radius 3 is 3.18 bits per heavy atom. The van der Waals surface area contributed by atoms with E-state index in [9.17, 15) is 0 Å². The Morgan fingerprint density at radius 1 is 1.47 bits per heavy atom. The Labute approximate surface area is 105 Å². The van der Waals surface area contributed by atoms with E-state index in [0.717, 1.165) is 29.4 Å². The summed E-state index contributed by atoms with van der Waals surface area (Å²) in [5, 5.41) is 8.57. The lowest BCUT2D eigenvalue weighted by Gasteiger charge is -2.06. The predicted octanol–water partition coefficient (Wildman–Crippen LogP) is 1.48. The molecule has 1 unspecified atom stereocenters. The zero-order valence-corrected chi connectivity index (χ0v) is 10.5. The van der Waals surface area contributed by atoms with E-state index >= 15 is 0 Å². The molecule has 1 aliphatic rings. The number of aromatic nitrogens is 3. The molecule has 1 atom stereocenters. The highest BCUT2D eigenvalue weighted by Gasteiger charge is 2.19. The average Bonchev–Trinajstić information content (AvgIpc) is 2.99. The van der Waals surface area contributed by atoms with Crippen molar-refractivity contribution in [3.05, 3.63) is 29.7 Å². The molecule has 0 spiro atoms. The van der Waals surface area contributed by atoms with Crippen LogP contribution in [0.1, 0.15) is 17.8 Å². The van der Waals surface area contributed by atoms with Gasteiger partial charge in [0.05, 0.1) is 0 Å². The fraction of sp³-hybridized carbons (Fsp3) is 0.500. The highest BCUT2D eigenvalue weighted by molar-refractivity contribution is 7.99. The first-order chi connectivity index (χ1) is 8.38. The number of nitrogens with two attached hydrogens (primary N) is 1. The summed E-state index contributed by atoms with van der Waals surface area (Å²) < 4.78 is 2.09. The number of hydrogen-bond acceptors (Lipinski definition) is 4. The molecule has 0 bridgehead atoms. The predicted molar refractivity (Wildman–Crippen MR) is 70.0 cm³/mol. The van der Waals surface area contributed by atoms with Gasteiger partial charge < -0.3 is 5.73 Å². The molecule has 0 radical (unpaired) electrons. The Bertz CT molecular complexity index is 516. The molecular weight excluding hydrogens is 232 g/mol. The lowest BCUT2D eigenvalue weighted by molar-refractivity contribution is 0.572. The third-order valence-electron chi connectivity index (χ3n) is 3.30. The summed E-state index contributed by atoms with van der Waals surface area (Å²) in [7, 11) is 0. The van der Waals surface area contributed by atoms with Crippen LogP contribution in [0.5, 0.6) is 0 Å². The number of rotatable bonds is 3. The molecule has 3 heterocycles. The van der Waals surface area contributed by atoms with Crippen molar-refractivity contribution in [3.8, 4) is 0 Å². The lowest BCUT2D eigenvalue weighted by atomic mass is 10.1. The summed E-state index contributed by atoms with van der Waals surface area (Å²) in [4.78, 5) is 0. The summed E-state index contributed by atoms with van der Waals surface area (Å²) in [6.07, 6.45) is 4.37. The Balaban J connectivity index is 1.94. The van der Waals surface area contributed by atoms with Crippen molar-refractivity contribution in [1.82, 2.24) is 14.6 Å². The number of pyridine rings is 1. The summed E-state index contributed by atoms with van der Waals surface area (Å²) in [5.74, 6) is 4.37. The zero-order chi connectivity index (χ0) is 11.7. The van der Waals surface area contributed by atoms with Gasteiger partial charge in [0.1, 0.15) is 5.82 Å². The molecule has 2 aromatic heterocycles. The molecule has 4 nitrogen and oxygen atoms in total. The van der Waals surface area contributed by atoms with Crippen molar-refractivity contribution in [2.24, 2.45) is 11.7 Å². The van der Waals surface area contributed by atoms with E-state index in [1.165, 1.54) is 17.9 Å². The van der Waals surface area contributed by atoms with Crippen LogP contribution in [0.3, 0.4) is 0 Å². The molecule has 0 saturated carbocycles. The summed E-state index contributed by atoms with van der Waals surface area (Å²) in [6, 6.07) is 4.03. The second-order valence-electron chi connectivity index (χ2n) is 4.48. The highest BCUT2D eigenvalue weighted by Crippen LogP contribution is 2.26. The molecule has 2 N–H and O–H groups in total. The fourth-order valence-electron chi connectivity index (χ4n) is 2.32. The third kappa shape index (κ3) is 2.05. The minimum absolute atomic E-state index is 0.516. The molecule has 0 aromatic carbocycles. The first-order valence-electron chi connectivity index (χ1n) is 5.98. The van der Waals surface area contributed by atoms with E-state index in [0.29, 0.717) is 6.54 Å². The topological polar surface area (TPSA) is 56.2 Å². The van der Waals surface area contributed by atoms with Crippen LogP contribution >= 0.6 is 11.8 Å². The van der Waals surface area contributed by atoms with Crippen LogP contribution in [0.15, 0.2) is 18.3 Å². The molecule has 0 aliphatic carbocycles. The highest BCUT2D eigenvalue weighted by atomic mass is 32.2. The lowest BCUT2D eigenvalue weighted by Crippen LogP contribution is -2.07. The smallest absolute Gasteiger partial charge is 0.165 e. The summed E-state index contributed by atoms with van der Waals surface area (Å²) >= 11 is 2.04. The molecule has 3 rings (SSSR count). The van der Waals surface area contributed by atoms with Crippen LogP contribution in [-0.4, -0.2) is 26.1 Å². The van der Waals surface area contributed by atoms with Crippen molar-refractivity contribution < 1.29 is 0 Å². The molecular formula is C12H16N4S. The van der Waals surface area contributed by atoms with Gasteiger partial charge in [0, 0.05) is 24.7 Å². The van der Waals surface area contributed by atoms with Gasteiger partial charge in [0.15, 0.2) is 5.65 Å². The minimum Gasteiger partial charge on any atom is -0.326 e. The van der Waals surface area contributed by atoms with Crippen LogP contribution < -0.4 is 5.73 Å². The Kier molecular flexibility index (Phi) is 3.03. The van der Waals surface area contributed by atoms with Crippen LogP contribution in [0.25, 0.3) is 5.65 Å². The van der Waals surface area contributed by atoms with E-state index in [1.807, 2.05) is 30.1 Å². The Hall–Kier alpha value is -1.07. The number of hydrogen-bond donors (Lipinski definition) is 1. The second kappa shape index (κ2) is 4.66. The minimum atomic E-state index is 0.516. The number of thioether (sulfide) groups is 1. The van der Waals surface area contributed by atoms with Crippen LogP contribution in [0.4, 0.5) is 0 Å². The fourth-order valence-corrected chi connectivity index (χ4v) is 3.60. The molecule has 90 valence electrons. The average molecular weight is 248 g/mol. The van der Waals surface area contributed by atoms with Gasteiger partial charge >= 0.3 is 0 Å². The molecule has 1 saturated heterocycles. The summed E-state index contributed by atoms with van der Waals surface area (Å²) in [5.41, 5.74) is 7.68. The van der Waals surface area contributed by atoms with Gasteiger partial charge in [-0.3, -0.25) is 4.40 Å². The second-order valence-corrected chi connectivity index (χ2v) is 5.63. The van der Waals surface area contributed by atoms with Crippen molar-refractivity contribution in [1.29, 1.82) is 0 Å². The van der Waals surface area contributed by atoms with E-state index in [2.05, 4.69) is 14.6 Å². The van der Waals surface area contributed by atoms with Crippen molar-refractivity contribution in [3.63, 3.8) is 0 Å². The van der Waals surface area contributed by atoms with Crippen molar-refractivity contribution in [2.75, 3.05) is 11.5 Å². The SMILES string of the molecule is NCc1cccn2c(CC3CCSC3)nnc12. The van der Waals surface area contributed by atoms with Crippen molar-refractivity contribution in [2.45, 2.75) is 19.4 Å². The molecule has 1 aliphatic heterocycles. The van der Waals surface area contributed by atoms with Gasteiger partial charge in [0.25, 0.3) is 0 Å². The standard InChI is InChI=1S/C12H16N4S/c13-7-10-2-1-4-16-11(14-15-12(10)16)6-9-3-5-17-8-9/h1-2,4,9H,3,5-8,13H2. The van der Waals surface area contributed by atoms with Crippen LogP contribution in [-0.2, 0) is 13.0 Å². The molecule has 5 heteroatoms. The maximum absolute atomic E-state index is 5.70. The summed E-state index contributed by atoms with van der Waals surface area (Å²) in [6.45, 7) is 0.516. The first-order valence-corrected chi connectivity index (χ1v) is 7.13. The molecule has 1 fully saturated rings. The third-order valence-corrected chi connectivity index (χ3v) is 4.53. The van der Waals surface area contributed by atoms with Crippen molar-refractivity contribution >= 4 is 17.4 Å². The van der Waals surface area contributed by atoms with E-state index in [4.69, 9.17) is 5.73 Å². The van der Waals surface area contributed by atoms with Gasteiger partial charge in [-0.2, -0.15) is 11.8 Å². The number of nitrogens with zero attached hydrogens (tertiary/aromatic N) is 3. The van der Waals surface area contributed by atoms with E-state index in [-0.39, 0.29) is 0 Å². The molecule has 17 heavy (non-hydrogen) atoms. The zero-order valence-electron chi connectivity index (χ0n) is 9.67. The van der Waals surface area contributed by atoms with Gasteiger partial charge in [-0.15, -0.1) is 10.2 Å². The monoisotopic (exact) mass is 248 g/mol. The first kappa shape index (κ1) is 11.0. The van der Waals surface area contributed by atoms with Crippen LogP contribution in [0.2, 0.25) is 0 Å². The van der Waals surface area contributed by atoms with Crippen LogP contribution in [0, 0.1) is 5.92 Å². The van der Waals surface area contributed by atoms with Gasteiger partial charge in [-0.05, 0) is 29.9 Å². The van der Waals surface area contributed by atoms with E-state index < -0.39 is 0 Å². The molecule has 2 aromatic rings.